The summed E-state index contributed by atoms with van der Waals surface area (Å²) < 4.78 is 20.7. The summed E-state index contributed by atoms with van der Waals surface area (Å²) in [6.45, 7) is 2.07. The van der Waals surface area contributed by atoms with E-state index in [-0.39, 0.29) is 30.8 Å². The quantitative estimate of drug-likeness (QED) is 0.257. The Bertz CT molecular complexity index is 1360. The molecule has 38 heavy (non-hydrogen) atoms. The highest BCUT2D eigenvalue weighted by Crippen LogP contribution is 2.25. The molecule has 1 aromatic heterocycles. The number of hydrogen-bond donors (Lipinski definition) is 1. The minimum Gasteiger partial charge on any atom is -0.484 e. The molecule has 0 saturated carbocycles. The first-order valence-electron chi connectivity index (χ1n) is 12.3. The average Bonchev–Trinajstić information content (AvgIpc) is 3.35. The van der Waals surface area contributed by atoms with Gasteiger partial charge in [-0.3, -0.25) is 9.59 Å². The molecule has 0 spiro atoms. The lowest BCUT2D eigenvalue weighted by molar-refractivity contribution is -0.136. The summed E-state index contributed by atoms with van der Waals surface area (Å²) in [6, 6.07) is 23.8. The van der Waals surface area contributed by atoms with E-state index in [0.29, 0.717) is 34.5 Å². The Morgan fingerprint density at radius 2 is 1.74 bits per heavy atom. The fourth-order valence-electron chi connectivity index (χ4n) is 3.76. The lowest BCUT2D eigenvalue weighted by atomic mass is 10.1. The number of carbonyl (C=O) groups is 2. The molecule has 4 aromatic rings. The van der Waals surface area contributed by atoms with Crippen LogP contribution in [0.1, 0.15) is 19.8 Å². The predicted octanol–water partition coefficient (Wildman–Crippen LogP) is 5.98. The minimum atomic E-state index is -0.385. The topological polar surface area (TPSA) is 76.5 Å². The Kier molecular flexibility index (Phi) is 9.11. The summed E-state index contributed by atoms with van der Waals surface area (Å²) in [5.74, 6) is -0.148. The first-order chi connectivity index (χ1) is 18.4. The zero-order valence-corrected chi connectivity index (χ0v) is 21.7. The molecule has 0 aliphatic rings. The van der Waals surface area contributed by atoms with Gasteiger partial charge in [-0.15, -0.1) is 0 Å². The summed E-state index contributed by atoms with van der Waals surface area (Å²) in [7, 11) is 0. The van der Waals surface area contributed by atoms with Crippen LogP contribution in [0.4, 0.5) is 10.2 Å². The monoisotopic (exact) mass is 534 g/mol. The van der Waals surface area contributed by atoms with E-state index in [1.54, 1.807) is 47.1 Å². The first-order valence-corrected chi connectivity index (χ1v) is 12.7. The highest BCUT2D eigenvalue weighted by atomic mass is 35.5. The number of nitrogens with one attached hydrogen (secondary N) is 1. The number of hydrogen-bond acceptors (Lipinski definition) is 4. The van der Waals surface area contributed by atoms with Crippen molar-refractivity contribution in [1.29, 1.82) is 0 Å². The fourth-order valence-corrected chi connectivity index (χ4v) is 3.89. The van der Waals surface area contributed by atoms with Crippen molar-refractivity contribution in [2.45, 2.75) is 19.8 Å². The van der Waals surface area contributed by atoms with Crippen molar-refractivity contribution < 1.29 is 18.7 Å². The molecule has 4 rings (SSSR count). The largest absolute Gasteiger partial charge is 0.484 e. The van der Waals surface area contributed by atoms with Crippen molar-refractivity contribution in [2.24, 2.45) is 0 Å². The summed E-state index contributed by atoms with van der Waals surface area (Å²) >= 11 is 5.90. The maximum atomic E-state index is 13.5. The van der Waals surface area contributed by atoms with Crippen molar-refractivity contribution in [3.8, 4) is 22.7 Å². The Morgan fingerprint density at radius 3 is 2.42 bits per heavy atom. The van der Waals surface area contributed by atoms with Crippen LogP contribution in [-0.2, 0) is 9.59 Å². The van der Waals surface area contributed by atoms with E-state index in [9.17, 15) is 14.0 Å². The molecule has 3 aromatic carbocycles. The summed E-state index contributed by atoms with van der Waals surface area (Å²) in [4.78, 5) is 27.5. The maximum Gasteiger partial charge on any atom is 0.260 e. The van der Waals surface area contributed by atoms with Gasteiger partial charge in [0.15, 0.2) is 6.61 Å². The number of benzene rings is 3. The Balaban J connectivity index is 1.50. The van der Waals surface area contributed by atoms with Gasteiger partial charge in [0.2, 0.25) is 5.91 Å². The van der Waals surface area contributed by atoms with E-state index in [0.717, 1.165) is 18.4 Å². The standard InChI is InChI=1S/C29H28ClFN4O3/c1-2-3-17-34(29(37)20-38-25-15-9-22(30)10-16-25)19-28(36)32-27-18-26(21-7-5-4-6-8-21)33-35(27)24-13-11-23(31)12-14-24/h4-16,18H,2-3,17,19-20H2,1H3,(H,32,36). The Hall–Kier alpha value is -4.17. The van der Waals surface area contributed by atoms with Crippen LogP contribution in [0.5, 0.6) is 5.75 Å². The normalized spacial score (nSPS) is 10.7. The molecule has 0 atom stereocenters. The fraction of sp³-hybridized carbons (Fsp3) is 0.207. The van der Waals surface area contributed by atoms with Gasteiger partial charge in [-0.25, -0.2) is 9.07 Å². The van der Waals surface area contributed by atoms with Crippen LogP contribution in [0.2, 0.25) is 5.02 Å². The van der Waals surface area contributed by atoms with Gasteiger partial charge in [-0.1, -0.05) is 55.3 Å². The third-order valence-corrected chi connectivity index (χ3v) is 6.01. The molecule has 0 aliphatic heterocycles. The van der Waals surface area contributed by atoms with Gasteiger partial charge < -0.3 is 15.0 Å². The number of amides is 2. The van der Waals surface area contributed by atoms with Gasteiger partial charge in [0.1, 0.15) is 23.9 Å². The molecule has 0 radical (unpaired) electrons. The minimum absolute atomic E-state index is 0.155. The van der Waals surface area contributed by atoms with E-state index in [1.165, 1.54) is 17.0 Å². The van der Waals surface area contributed by atoms with Crippen LogP contribution in [0.3, 0.4) is 0 Å². The maximum absolute atomic E-state index is 13.5. The number of carbonyl (C=O) groups excluding carboxylic acids is 2. The van der Waals surface area contributed by atoms with Crippen LogP contribution in [0, 0.1) is 5.82 Å². The predicted molar refractivity (Wildman–Crippen MR) is 146 cm³/mol. The zero-order valence-electron chi connectivity index (χ0n) is 20.9. The van der Waals surface area contributed by atoms with E-state index in [2.05, 4.69) is 10.4 Å². The summed E-state index contributed by atoms with van der Waals surface area (Å²) in [6.07, 6.45) is 1.60. The molecule has 2 amide bonds. The van der Waals surface area contributed by atoms with Crippen LogP contribution in [0.25, 0.3) is 16.9 Å². The van der Waals surface area contributed by atoms with Gasteiger partial charge in [-0.05, 0) is 55.0 Å². The van der Waals surface area contributed by atoms with Crippen molar-refractivity contribution in [1.82, 2.24) is 14.7 Å². The van der Waals surface area contributed by atoms with Gasteiger partial charge >= 0.3 is 0 Å². The highest BCUT2D eigenvalue weighted by Gasteiger charge is 2.20. The smallest absolute Gasteiger partial charge is 0.260 e. The van der Waals surface area contributed by atoms with E-state index >= 15 is 0 Å². The molecule has 0 fully saturated rings. The second kappa shape index (κ2) is 12.9. The third-order valence-electron chi connectivity index (χ3n) is 5.76. The molecular formula is C29H28ClFN4O3. The molecule has 7 nitrogen and oxygen atoms in total. The van der Waals surface area contributed by atoms with Gasteiger partial charge in [0.25, 0.3) is 5.91 Å². The Labute approximate surface area is 225 Å². The first kappa shape index (κ1) is 26.9. The van der Waals surface area contributed by atoms with Crippen molar-refractivity contribution >= 4 is 29.2 Å². The third kappa shape index (κ3) is 7.20. The van der Waals surface area contributed by atoms with Crippen LogP contribution in [0.15, 0.2) is 84.9 Å². The molecule has 1 heterocycles. The van der Waals surface area contributed by atoms with Crippen molar-refractivity contribution in [3.63, 3.8) is 0 Å². The van der Waals surface area contributed by atoms with Gasteiger partial charge in [0.05, 0.1) is 11.4 Å². The number of aromatic nitrogens is 2. The second-order valence-corrected chi connectivity index (χ2v) is 9.07. The number of nitrogens with zero attached hydrogens (tertiary/aromatic N) is 3. The second-order valence-electron chi connectivity index (χ2n) is 8.63. The van der Waals surface area contributed by atoms with Crippen LogP contribution >= 0.6 is 11.6 Å². The van der Waals surface area contributed by atoms with Crippen LogP contribution in [-0.4, -0.2) is 46.2 Å². The van der Waals surface area contributed by atoms with Crippen LogP contribution < -0.4 is 10.1 Å². The zero-order chi connectivity index (χ0) is 26.9. The summed E-state index contributed by atoms with van der Waals surface area (Å²) in [5.41, 5.74) is 2.09. The summed E-state index contributed by atoms with van der Waals surface area (Å²) in [5, 5.41) is 8.08. The van der Waals surface area contributed by atoms with E-state index in [4.69, 9.17) is 16.3 Å². The van der Waals surface area contributed by atoms with Gasteiger partial charge in [0, 0.05) is 23.2 Å². The molecule has 1 N–H and O–H groups in total. The number of ether oxygens (including phenoxy) is 1. The number of anilines is 1. The van der Waals surface area contributed by atoms with E-state index in [1.807, 2.05) is 37.3 Å². The molecule has 0 unspecified atom stereocenters. The lowest BCUT2D eigenvalue weighted by Crippen LogP contribution is -2.41. The van der Waals surface area contributed by atoms with E-state index < -0.39 is 0 Å². The molecule has 0 saturated heterocycles. The molecule has 9 heteroatoms. The molecule has 196 valence electrons. The Morgan fingerprint density at radius 1 is 1.03 bits per heavy atom. The molecular weight excluding hydrogens is 507 g/mol. The molecule has 0 bridgehead atoms. The van der Waals surface area contributed by atoms with Crippen molar-refractivity contribution in [3.05, 3.63) is 95.8 Å². The SMILES string of the molecule is CCCCN(CC(=O)Nc1cc(-c2ccccc2)nn1-c1ccc(F)cc1)C(=O)COc1ccc(Cl)cc1. The lowest BCUT2D eigenvalue weighted by Gasteiger charge is -2.22. The highest BCUT2D eigenvalue weighted by molar-refractivity contribution is 6.30. The average molecular weight is 535 g/mol. The molecule has 0 aliphatic carbocycles. The number of halogens is 2. The van der Waals surface area contributed by atoms with Crippen molar-refractivity contribution in [2.75, 3.05) is 25.0 Å². The van der Waals surface area contributed by atoms with Gasteiger partial charge in [-0.2, -0.15) is 5.10 Å². The number of unbranched alkanes of at least 4 members (excludes halogenated alkanes) is 1. The number of rotatable bonds is 11.